The molecule has 0 aromatic carbocycles. The van der Waals surface area contributed by atoms with Gasteiger partial charge in [-0.2, -0.15) is 0 Å². The lowest BCUT2D eigenvalue weighted by molar-refractivity contribution is -0.870. The molecule has 0 saturated carbocycles. The molecule has 5 unspecified atom stereocenters. The van der Waals surface area contributed by atoms with Crippen LogP contribution < -0.4 is 101 Å². The third kappa shape index (κ3) is 83.1. The third-order valence-electron chi connectivity index (χ3n) is 11.4. The van der Waals surface area contributed by atoms with Gasteiger partial charge in [-0.25, -0.2) is 0 Å². The molecular formula is C47H114Cl6N6O. The summed E-state index contributed by atoms with van der Waals surface area (Å²) in [6, 6.07) is 0. The minimum Gasteiger partial charge on any atom is -1.00 e. The van der Waals surface area contributed by atoms with Gasteiger partial charge < -0.3 is 111 Å². The Morgan fingerprint density at radius 2 is 0.683 bits per heavy atom. The summed E-state index contributed by atoms with van der Waals surface area (Å²) in [7, 11) is 6.83. The first kappa shape index (κ1) is 84.8. The van der Waals surface area contributed by atoms with Crippen molar-refractivity contribution in [3.8, 4) is 0 Å². The molecule has 0 saturated heterocycles. The Balaban J connectivity index is -0.0000000697. The number of hydrogen-bond donors (Lipinski definition) is 6. The van der Waals surface area contributed by atoms with Gasteiger partial charge in [0.25, 0.3) is 0 Å². The minimum atomic E-state index is -0.159. The second kappa shape index (κ2) is 67.1. The van der Waals surface area contributed by atoms with E-state index in [0.717, 1.165) is 66.8 Å². The molecule has 0 aliphatic rings. The molecule has 0 aromatic heterocycles. The van der Waals surface area contributed by atoms with Crippen LogP contribution in [0.15, 0.2) is 0 Å². The Labute approximate surface area is 416 Å². The number of hydrogen-bond acceptors (Lipinski definition) is 1. The predicted octanol–water partition coefficient (Wildman–Crippen LogP) is -12.5. The van der Waals surface area contributed by atoms with E-state index in [9.17, 15) is 5.11 Å². The molecule has 0 radical (unpaired) electrons. The van der Waals surface area contributed by atoms with E-state index in [1.54, 1.807) is 0 Å². The molecule has 60 heavy (non-hydrogen) atoms. The number of aliphatic hydroxyl groups excluding tert-OH is 1. The van der Waals surface area contributed by atoms with Crippen LogP contribution in [0.1, 0.15) is 185 Å². The third-order valence-corrected chi connectivity index (χ3v) is 11.4. The summed E-state index contributed by atoms with van der Waals surface area (Å²) >= 11 is 0. The summed E-state index contributed by atoms with van der Waals surface area (Å²) < 4.78 is 1.11. The Bertz CT molecular complexity index is 669. The fourth-order valence-electron chi connectivity index (χ4n) is 5.57. The van der Waals surface area contributed by atoms with Crippen LogP contribution in [0.2, 0.25) is 0 Å². The highest BCUT2D eigenvalue weighted by Crippen LogP contribution is 2.07. The lowest BCUT2D eigenvalue weighted by Gasteiger charge is -2.23. The van der Waals surface area contributed by atoms with Gasteiger partial charge in [-0.05, 0) is 70.6 Å². The molecule has 0 heterocycles. The average Bonchev–Trinajstić information content (AvgIpc) is 3.16. The van der Waals surface area contributed by atoms with Gasteiger partial charge in [0, 0.05) is 29.6 Å². The Morgan fingerprint density at radius 1 is 0.400 bits per heavy atom. The van der Waals surface area contributed by atoms with Gasteiger partial charge in [0.1, 0.15) is 13.1 Å². The van der Waals surface area contributed by atoms with Crippen molar-refractivity contribution in [2.24, 2.45) is 29.6 Å². The van der Waals surface area contributed by atoms with Gasteiger partial charge in [-0.15, -0.1) is 0 Å². The Morgan fingerprint density at radius 3 is 0.950 bits per heavy atom. The molecule has 0 amide bonds. The molecule has 13 heteroatoms. The second-order valence-electron chi connectivity index (χ2n) is 18.6. The highest BCUT2D eigenvalue weighted by Gasteiger charge is 2.11. The maximum atomic E-state index is 9.76. The Hall–Kier alpha value is 1.46. The van der Waals surface area contributed by atoms with Crippen LogP contribution in [0.3, 0.4) is 0 Å². The summed E-state index contributed by atoms with van der Waals surface area (Å²) in [5, 5.41) is 19.2. The first-order chi connectivity index (χ1) is 25.7. The van der Waals surface area contributed by atoms with Gasteiger partial charge >= 0.3 is 0 Å². The molecule has 380 valence electrons. The van der Waals surface area contributed by atoms with Crippen molar-refractivity contribution in [2.75, 3.05) is 86.6 Å². The van der Waals surface area contributed by atoms with Crippen LogP contribution in [0.4, 0.5) is 0 Å². The summed E-state index contributed by atoms with van der Waals surface area (Å²) in [6.07, 6.45) is 23.3. The number of rotatable bonds is 34. The molecule has 12 N–H and O–H groups in total. The van der Waals surface area contributed by atoms with Crippen LogP contribution in [0.25, 0.3) is 0 Å². The van der Waals surface area contributed by atoms with Crippen molar-refractivity contribution in [1.29, 1.82) is 0 Å². The van der Waals surface area contributed by atoms with Gasteiger partial charge in [-0.1, -0.05) is 115 Å². The standard InChI is InChI=1S/C15H33N.C14H33N2.C13H30N2O.C5H13N.6ClH/c1-4-6-7-8-9-10-11-12-13-16-14-15(3)5-2;1-6-14(2)13-15-11-9-7-8-10-12-16(3,4)5;1-5-11(3)7-14-9-13(16)10-15-8-12(4)6-2;1-3-5(2)4-6;;;;;;/h15-16H,4-14H2,1-3H3;14-15H,6-13H2,1-5H3;11-16H,5-10H2,1-4H3;5H,3-4,6H2,1-2H3;6*1H/q;+1;;;;;;;;/p-1. The number of quaternary nitrogens is 6. The van der Waals surface area contributed by atoms with E-state index in [4.69, 9.17) is 0 Å². The van der Waals surface area contributed by atoms with Crippen molar-refractivity contribution < 1.29 is 111 Å². The first-order valence-corrected chi connectivity index (χ1v) is 24.2. The molecular weight excluding hydrogens is 877 g/mol. The molecule has 0 spiro atoms. The number of unbranched alkanes of at least 4 members (excludes halogenated alkanes) is 10. The second-order valence-corrected chi connectivity index (χ2v) is 18.6. The monoisotopic (exact) mass is 989 g/mol. The topological polar surface area (TPSA) is 114 Å². The molecule has 7 nitrogen and oxygen atoms in total. The SMILES string of the molecule is CCC(C)C[NH2+]CC(O)C[NH2+]CC(C)CC.CCC(C)C[NH2+]CCCCCC[N+](C)(C)C.CCC(C)C[NH3+].CCCCCCCCCC[NH2+]CC(C)CC.[Cl-].[Cl-].[Cl-].[Cl-].[Cl-].[Cl-]. The van der Waals surface area contributed by atoms with Crippen LogP contribution in [0, 0.1) is 29.6 Å². The number of nitrogens with zero attached hydrogens (tertiary/aromatic N) is 1. The molecule has 0 rings (SSSR count). The van der Waals surface area contributed by atoms with Crippen molar-refractivity contribution in [2.45, 2.75) is 191 Å². The van der Waals surface area contributed by atoms with Crippen LogP contribution in [0.5, 0.6) is 0 Å². The molecule has 0 aliphatic carbocycles. The normalized spacial score (nSPS) is 13.2. The highest BCUT2D eigenvalue weighted by atomic mass is 35.5. The Kier molecular flexibility index (Phi) is 94.8. The maximum absolute atomic E-state index is 9.76. The predicted molar refractivity (Wildman–Crippen MR) is 242 cm³/mol. The summed E-state index contributed by atoms with van der Waals surface area (Å²) in [5.41, 5.74) is 3.76. The van der Waals surface area contributed by atoms with E-state index in [-0.39, 0.29) is 80.5 Å². The fraction of sp³-hybridized carbons (Fsp3) is 1.00. The lowest BCUT2D eigenvalue weighted by atomic mass is 10.1. The summed E-state index contributed by atoms with van der Waals surface area (Å²) in [4.78, 5) is 0. The van der Waals surface area contributed by atoms with Gasteiger partial charge in [0.2, 0.25) is 0 Å². The van der Waals surface area contributed by atoms with Crippen LogP contribution in [-0.4, -0.2) is 102 Å². The van der Waals surface area contributed by atoms with E-state index in [2.05, 4.69) is 124 Å². The number of aliphatic hydroxyl groups is 1. The van der Waals surface area contributed by atoms with Crippen LogP contribution >= 0.6 is 0 Å². The zero-order valence-electron chi connectivity index (χ0n) is 42.7. The van der Waals surface area contributed by atoms with Gasteiger partial charge in [0.05, 0.1) is 73.5 Å². The molecule has 0 fully saturated rings. The van der Waals surface area contributed by atoms with Crippen molar-refractivity contribution in [1.82, 2.24) is 0 Å². The lowest BCUT2D eigenvalue weighted by Crippen LogP contribution is -3.00. The van der Waals surface area contributed by atoms with E-state index in [1.165, 1.54) is 142 Å². The van der Waals surface area contributed by atoms with E-state index in [1.807, 2.05) is 0 Å². The minimum absolute atomic E-state index is 0. The zero-order chi connectivity index (χ0) is 41.9. The molecule has 0 aliphatic heterocycles. The van der Waals surface area contributed by atoms with Crippen LogP contribution in [-0.2, 0) is 0 Å². The average molecular weight is 992 g/mol. The van der Waals surface area contributed by atoms with Crippen molar-refractivity contribution >= 4 is 0 Å². The zero-order valence-corrected chi connectivity index (χ0v) is 47.3. The van der Waals surface area contributed by atoms with E-state index in [0.29, 0.717) is 0 Å². The van der Waals surface area contributed by atoms with Gasteiger partial charge in [-0.3, -0.25) is 0 Å². The number of nitrogens with two attached hydrogens (primary N) is 4. The fourth-order valence-corrected chi connectivity index (χ4v) is 5.57. The first-order valence-electron chi connectivity index (χ1n) is 24.2. The van der Waals surface area contributed by atoms with E-state index >= 15 is 0 Å². The number of halogens is 6. The summed E-state index contributed by atoms with van der Waals surface area (Å²) in [5.74, 6) is 4.13. The maximum Gasteiger partial charge on any atom is 0.151 e. The molecule has 0 bridgehead atoms. The summed E-state index contributed by atoms with van der Waals surface area (Å²) in [6.45, 7) is 36.6. The molecule has 0 aromatic rings. The van der Waals surface area contributed by atoms with Gasteiger partial charge in [0.15, 0.2) is 6.10 Å². The largest absolute Gasteiger partial charge is 1.00 e. The van der Waals surface area contributed by atoms with E-state index < -0.39 is 0 Å². The molecule has 5 atom stereocenters. The quantitative estimate of drug-likeness (QED) is 0.0280. The highest BCUT2D eigenvalue weighted by molar-refractivity contribution is 4.50. The smallest absolute Gasteiger partial charge is 0.151 e. The van der Waals surface area contributed by atoms with Crippen molar-refractivity contribution in [3.05, 3.63) is 0 Å². The van der Waals surface area contributed by atoms with Crippen molar-refractivity contribution in [3.63, 3.8) is 0 Å².